The predicted molar refractivity (Wildman–Crippen MR) is 101 cm³/mol. The zero-order valence-electron chi connectivity index (χ0n) is 14.5. The van der Waals surface area contributed by atoms with Gasteiger partial charge in [0.25, 0.3) is 0 Å². The number of aromatic nitrogens is 2. The molecule has 1 aromatic heterocycles. The summed E-state index contributed by atoms with van der Waals surface area (Å²) >= 11 is 6.76. The third-order valence-corrected chi connectivity index (χ3v) is 5.17. The second kappa shape index (κ2) is 7.98. The number of H-pyrrole nitrogens is 1. The van der Waals surface area contributed by atoms with Crippen LogP contribution < -0.4 is 15.6 Å². The number of aryl methyl sites for hydroxylation is 1. The van der Waals surface area contributed by atoms with E-state index in [4.69, 9.17) is 16.1 Å². The Bertz CT molecular complexity index is 1030. The van der Waals surface area contributed by atoms with Crippen LogP contribution >= 0.6 is 23.4 Å². The minimum atomic E-state index is -0.621. The maximum Gasteiger partial charge on any atom is 0.442 e. The summed E-state index contributed by atoms with van der Waals surface area (Å²) in [5.74, 6) is -0.931. The minimum absolute atomic E-state index is 0.0865. The van der Waals surface area contributed by atoms with Gasteiger partial charge in [-0.05, 0) is 53.8 Å². The quantitative estimate of drug-likeness (QED) is 0.500. The van der Waals surface area contributed by atoms with Crippen molar-refractivity contribution in [1.82, 2.24) is 5.27 Å². The van der Waals surface area contributed by atoms with Crippen LogP contribution in [0.1, 0.15) is 12.5 Å². The Balaban J connectivity index is 1.77. The fourth-order valence-electron chi connectivity index (χ4n) is 2.27. The van der Waals surface area contributed by atoms with E-state index in [-0.39, 0.29) is 16.0 Å². The van der Waals surface area contributed by atoms with E-state index in [1.165, 1.54) is 22.9 Å². The summed E-state index contributed by atoms with van der Waals surface area (Å²) in [7, 11) is 0. The van der Waals surface area contributed by atoms with Crippen LogP contribution in [-0.2, 0) is 4.79 Å². The highest BCUT2D eigenvalue weighted by molar-refractivity contribution is 8.00. The second-order valence-electron chi connectivity index (χ2n) is 5.84. The van der Waals surface area contributed by atoms with E-state index in [9.17, 15) is 14.0 Å². The van der Waals surface area contributed by atoms with Gasteiger partial charge in [-0.15, -0.1) is 0 Å². The Morgan fingerprint density at radius 1 is 1.30 bits per heavy atom. The van der Waals surface area contributed by atoms with Gasteiger partial charge in [0.15, 0.2) is 0 Å². The molecule has 0 radical (unpaired) electrons. The number of hydrogen-bond acceptors (Lipinski definition) is 4. The van der Waals surface area contributed by atoms with Crippen LogP contribution in [0.3, 0.4) is 0 Å². The molecule has 1 amide bonds. The number of anilines is 1. The van der Waals surface area contributed by atoms with Gasteiger partial charge in [0.2, 0.25) is 11.6 Å². The molecule has 2 aromatic carbocycles. The van der Waals surface area contributed by atoms with Crippen LogP contribution in [0.15, 0.2) is 56.8 Å². The molecule has 0 fully saturated rings. The number of carbonyl (C=O) groups excluding carboxylic acids is 1. The topological polar surface area (TPSA) is 79.0 Å². The van der Waals surface area contributed by atoms with E-state index in [1.807, 2.05) is 31.2 Å². The first-order valence-electron chi connectivity index (χ1n) is 7.98. The van der Waals surface area contributed by atoms with Crippen molar-refractivity contribution in [2.45, 2.75) is 24.1 Å². The lowest BCUT2D eigenvalue weighted by atomic mass is 10.2. The number of hydrogen-bond donors (Lipinski definition) is 2. The molecule has 0 spiro atoms. The molecule has 140 valence electrons. The van der Waals surface area contributed by atoms with Crippen molar-refractivity contribution in [1.29, 1.82) is 0 Å². The number of carbonyl (C=O) groups is 1. The van der Waals surface area contributed by atoms with Gasteiger partial charge in [0.05, 0.1) is 10.3 Å². The normalized spacial score (nSPS) is 12.0. The molecule has 2 N–H and O–H groups in total. The molecule has 0 aliphatic heterocycles. The molecule has 0 saturated carbocycles. The van der Waals surface area contributed by atoms with E-state index in [1.54, 1.807) is 6.92 Å². The Morgan fingerprint density at radius 3 is 2.67 bits per heavy atom. The van der Waals surface area contributed by atoms with E-state index in [0.29, 0.717) is 11.4 Å². The molecule has 0 bridgehead atoms. The number of nitrogens with one attached hydrogen (secondary N) is 2. The molecule has 3 aromatic rings. The van der Waals surface area contributed by atoms with Crippen LogP contribution in [-0.4, -0.2) is 16.4 Å². The number of thioether (sulfide) groups is 1. The maximum absolute atomic E-state index is 13.2. The number of aromatic amines is 1. The van der Waals surface area contributed by atoms with Crippen LogP contribution in [0.5, 0.6) is 0 Å². The molecular formula is C18H16ClFN3O3S+. The average Bonchev–Trinajstić information content (AvgIpc) is 2.99. The molecule has 3 rings (SSSR count). The Morgan fingerprint density at radius 2 is 2.00 bits per heavy atom. The first-order chi connectivity index (χ1) is 12.8. The fourth-order valence-corrected chi connectivity index (χ4v) is 3.33. The number of benzene rings is 2. The van der Waals surface area contributed by atoms with Gasteiger partial charge in [-0.1, -0.05) is 29.3 Å². The zero-order valence-corrected chi connectivity index (χ0v) is 16.0. The van der Waals surface area contributed by atoms with E-state index in [0.717, 1.165) is 17.3 Å². The highest BCUT2D eigenvalue weighted by Crippen LogP contribution is 2.22. The standard InChI is InChI=1S/C18H15ClFN3O3S/c1-10-3-6-13(7-4-10)23-17(18(25)26-22-23)27-11(2)16(24)21-12-5-8-15(20)14(19)9-12/h3-9,11H,1-2H3,(H-,21,22,24,25)/p+1. The molecule has 1 heterocycles. The van der Waals surface area contributed by atoms with Crippen molar-refractivity contribution in [2.75, 3.05) is 5.32 Å². The highest BCUT2D eigenvalue weighted by Gasteiger charge is 2.29. The number of amides is 1. The van der Waals surface area contributed by atoms with Crippen molar-refractivity contribution >= 4 is 35.0 Å². The van der Waals surface area contributed by atoms with Gasteiger partial charge in [0, 0.05) is 17.8 Å². The second-order valence-corrected chi connectivity index (χ2v) is 7.57. The Kier molecular flexibility index (Phi) is 5.67. The molecule has 0 aliphatic carbocycles. The van der Waals surface area contributed by atoms with Gasteiger partial charge in [-0.25, -0.2) is 9.18 Å². The lowest BCUT2D eigenvalue weighted by molar-refractivity contribution is -0.704. The molecule has 9 heteroatoms. The number of nitrogens with zero attached hydrogens (tertiary/aromatic N) is 1. The lowest BCUT2D eigenvalue weighted by Crippen LogP contribution is -2.37. The summed E-state index contributed by atoms with van der Waals surface area (Å²) < 4.78 is 19.6. The van der Waals surface area contributed by atoms with Crippen LogP contribution in [0.4, 0.5) is 10.1 Å². The molecule has 1 unspecified atom stereocenters. The molecular weight excluding hydrogens is 393 g/mol. The minimum Gasteiger partial charge on any atom is -0.325 e. The largest absolute Gasteiger partial charge is 0.442 e. The first kappa shape index (κ1) is 19.2. The predicted octanol–water partition coefficient (Wildman–Crippen LogP) is 3.46. The van der Waals surface area contributed by atoms with Crippen molar-refractivity contribution < 1.29 is 18.4 Å². The van der Waals surface area contributed by atoms with Gasteiger partial charge >= 0.3 is 10.7 Å². The Labute approximate surface area is 163 Å². The summed E-state index contributed by atoms with van der Waals surface area (Å²) in [5.41, 5.74) is 1.56. The molecule has 6 nitrogen and oxygen atoms in total. The van der Waals surface area contributed by atoms with E-state index < -0.39 is 16.7 Å². The van der Waals surface area contributed by atoms with Gasteiger partial charge in [-0.2, -0.15) is 0 Å². The number of halogens is 2. The van der Waals surface area contributed by atoms with Crippen molar-refractivity contribution in [3.63, 3.8) is 0 Å². The number of rotatable bonds is 5. The van der Waals surface area contributed by atoms with Gasteiger partial charge < -0.3 is 5.32 Å². The smallest absolute Gasteiger partial charge is 0.325 e. The van der Waals surface area contributed by atoms with Crippen LogP contribution in [0, 0.1) is 12.7 Å². The summed E-state index contributed by atoms with van der Waals surface area (Å²) in [6, 6.07) is 11.4. The Hall–Kier alpha value is -2.58. The van der Waals surface area contributed by atoms with E-state index >= 15 is 0 Å². The zero-order chi connectivity index (χ0) is 19.6. The van der Waals surface area contributed by atoms with Crippen LogP contribution in [0.2, 0.25) is 5.02 Å². The summed E-state index contributed by atoms with van der Waals surface area (Å²) in [6.07, 6.45) is 0. The SMILES string of the molecule is Cc1ccc(-[n+]2[nH]oc(=O)c2SC(C)C(=O)Nc2ccc(F)c(Cl)c2)cc1. The third-order valence-electron chi connectivity index (χ3n) is 3.74. The molecule has 27 heavy (non-hydrogen) atoms. The summed E-state index contributed by atoms with van der Waals surface area (Å²) in [5, 5.41) is 4.71. The fraction of sp³-hybridized carbons (Fsp3) is 0.167. The first-order valence-corrected chi connectivity index (χ1v) is 9.24. The average molecular weight is 409 g/mol. The third kappa shape index (κ3) is 4.40. The van der Waals surface area contributed by atoms with Crippen molar-refractivity contribution in [2.24, 2.45) is 0 Å². The maximum atomic E-state index is 13.2. The molecule has 0 saturated heterocycles. The molecule has 0 aliphatic rings. The van der Waals surface area contributed by atoms with Crippen molar-refractivity contribution in [3.8, 4) is 5.69 Å². The van der Waals surface area contributed by atoms with Gasteiger partial charge in [0.1, 0.15) is 5.82 Å². The lowest BCUT2D eigenvalue weighted by Gasteiger charge is -2.10. The molecule has 1 atom stereocenters. The van der Waals surface area contributed by atoms with E-state index in [2.05, 4.69) is 10.6 Å². The monoisotopic (exact) mass is 408 g/mol. The highest BCUT2D eigenvalue weighted by atomic mass is 35.5. The summed E-state index contributed by atoms with van der Waals surface area (Å²) in [4.78, 5) is 24.5. The van der Waals surface area contributed by atoms with Crippen molar-refractivity contribution in [3.05, 3.63) is 69.3 Å². The summed E-state index contributed by atoms with van der Waals surface area (Å²) in [6.45, 7) is 3.60. The van der Waals surface area contributed by atoms with Gasteiger partial charge in [-0.3, -0.25) is 9.32 Å². The van der Waals surface area contributed by atoms with Crippen LogP contribution in [0.25, 0.3) is 5.69 Å².